The van der Waals surface area contributed by atoms with Crippen molar-refractivity contribution in [3.8, 4) is 0 Å². The molecule has 2 rings (SSSR count). The van der Waals surface area contributed by atoms with Crippen LogP contribution in [0.1, 0.15) is 13.3 Å². The Morgan fingerprint density at radius 2 is 2.47 bits per heavy atom. The lowest BCUT2D eigenvalue weighted by molar-refractivity contribution is -0.384. The highest BCUT2D eigenvalue weighted by Gasteiger charge is 2.25. The molecule has 1 aliphatic heterocycles. The van der Waals surface area contributed by atoms with E-state index in [0.717, 1.165) is 19.5 Å². The lowest BCUT2D eigenvalue weighted by Gasteiger charge is -2.17. The van der Waals surface area contributed by atoms with Crippen LogP contribution in [0.5, 0.6) is 0 Å². The molecular formula is C10H13N3O2. The number of hydrogen-bond donors (Lipinski definition) is 0. The monoisotopic (exact) mass is 207 g/mol. The minimum atomic E-state index is -0.370. The molecule has 0 amide bonds. The van der Waals surface area contributed by atoms with Crippen molar-refractivity contribution >= 4 is 11.4 Å². The first-order valence-corrected chi connectivity index (χ1v) is 5.02. The maximum absolute atomic E-state index is 10.8. The summed E-state index contributed by atoms with van der Waals surface area (Å²) in [6.07, 6.45) is 4.02. The number of nitrogens with zero attached hydrogens (tertiary/aromatic N) is 3. The smallest absolute Gasteiger partial charge is 0.310 e. The molecule has 1 aromatic rings. The number of anilines is 1. The largest absolute Gasteiger partial charge is 0.366 e. The number of nitro groups is 1. The zero-order valence-electron chi connectivity index (χ0n) is 8.59. The molecule has 80 valence electrons. The average molecular weight is 207 g/mol. The van der Waals surface area contributed by atoms with Gasteiger partial charge in [-0.3, -0.25) is 15.1 Å². The van der Waals surface area contributed by atoms with E-state index in [2.05, 4.69) is 16.8 Å². The second-order valence-corrected chi connectivity index (χ2v) is 3.96. The van der Waals surface area contributed by atoms with Gasteiger partial charge in [0.05, 0.1) is 4.92 Å². The van der Waals surface area contributed by atoms with Gasteiger partial charge in [0.2, 0.25) is 0 Å². The van der Waals surface area contributed by atoms with Crippen LogP contribution in [0.2, 0.25) is 0 Å². The molecule has 2 heterocycles. The van der Waals surface area contributed by atoms with E-state index in [4.69, 9.17) is 0 Å². The molecule has 1 aromatic heterocycles. The quantitative estimate of drug-likeness (QED) is 0.548. The Bertz CT molecular complexity index is 381. The molecule has 0 N–H and O–H groups in total. The summed E-state index contributed by atoms with van der Waals surface area (Å²) < 4.78 is 0. The first-order valence-electron chi connectivity index (χ1n) is 5.02. The Kier molecular flexibility index (Phi) is 2.53. The molecule has 0 saturated carbocycles. The maximum Gasteiger partial charge on any atom is 0.310 e. The van der Waals surface area contributed by atoms with Gasteiger partial charge in [-0.2, -0.15) is 0 Å². The first kappa shape index (κ1) is 9.89. The predicted molar refractivity (Wildman–Crippen MR) is 56.9 cm³/mol. The molecule has 1 unspecified atom stereocenters. The van der Waals surface area contributed by atoms with Gasteiger partial charge in [-0.15, -0.1) is 0 Å². The van der Waals surface area contributed by atoms with Crippen LogP contribution in [0.25, 0.3) is 0 Å². The fourth-order valence-electron chi connectivity index (χ4n) is 1.94. The van der Waals surface area contributed by atoms with Gasteiger partial charge in [-0.1, -0.05) is 6.92 Å². The summed E-state index contributed by atoms with van der Waals surface area (Å²) >= 11 is 0. The number of pyridine rings is 1. The second kappa shape index (κ2) is 3.84. The maximum atomic E-state index is 10.8. The molecule has 5 nitrogen and oxygen atoms in total. The van der Waals surface area contributed by atoms with Gasteiger partial charge >= 0.3 is 5.69 Å². The lowest BCUT2D eigenvalue weighted by atomic mass is 10.2. The zero-order valence-corrected chi connectivity index (χ0v) is 8.59. The van der Waals surface area contributed by atoms with Crippen molar-refractivity contribution in [1.29, 1.82) is 0 Å². The average Bonchev–Trinajstić information content (AvgIpc) is 2.65. The van der Waals surface area contributed by atoms with Gasteiger partial charge in [0.25, 0.3) is 0 Å². The topological polar surface area (TPSA) is 59.3 Å². The van der Waals surface area contributed by atoms with Gasteiger partial charge in [-0.05, 0) is 18.4 Å². The molecule has 0 spiro atoms. The molecule has 15 heavy (non-hydrogen) atoms. The van der Waals surface area contributed by atoms with Crippen molar-refractivity contribution in [3.05, 3.63) is 28.6 Å². The molecule has 5 heteroatoms. The molecule has 1 atom stereocenters. The van der Waals surface area contributed by atoms with Gasteiger partial charge in [0, 0.05) is 19.3 Å². The molecular weight excluding hydrogens is 194 g/mol. The normalized spacial score (nSPS) is 20.6. The highest BCUT2D eigenvalue weighted by Crippen LogP contribution is 2.30. The summed E-state index contributed by atoms with van der Waals surface area (Å²) in [6.45, 7) is 3.95. The van der Waals surface area contributed by atoms with Crippen molar-refractivity contribution in [2.45, 2.75) is 13.3 Å². The van der Waals surface area contributed by atoms with Crippen molar-refractivity contribution in [2.75, 3.05) is 18.0 Å². The van der Waals surface area contributed by atoms with Crippen molar-refractivity contribution in [2.24, 2.45) is 5.92 Å². The van der Waals surface area contributed by atoms with E-state index in [1.807, 2.05) is 0 Å². The zero-order chi connectivity index (χ0) is 10.8. The summed E-state index contributed by atoms with van der Waals surface area (Å²) in [6, 6.07) is 1.72. The summed E-state index contributed by atoms with van der Waals surface area (Å²) in [5.74, 6) is 0.609. The van der Waals surface area contributed by atoms with Gasteiger partial charge in [0.15, 0.2) is 0 Å². The number of rotatable bonds is 2. The van der Waals surface area contributed by atoms with E-state index in [9.17, 15) is 10.1 Å². The van der Waals surface area contributed by atoms with Crippen LogP contribution in [0.4, 0.5) is 11.4 Å². The number of aromatic nitrogens is 1. The third kappa shape index (κ3) is 1.91. The van der Waals surface area contributed by atoms with Gasteiger partial charge < -0.3 is 4.90 Å². The van der Waals surface area contributed by atoms with Crippen LogP contribution < -0.4 is 4.90 Å². The fourth-order valence-corrected chi connectivity index (χ4v) is 1.94. The molecule has 0 radical (unpaired) electrons. The Balaban J connectivity index is 2.31. The molecule has 0 aromatic carbocycles. The molecule has 0 bridgehead atoms. The molecule has 1 fully saturated rings. The van der Waals surface area contributed by atoms with Crippen molar-refractivity contribution in [1.82, 2.24) is 4.98 Å². The highest BCUT2D eigenvalue weighted by molar-refractivity contribution is 5.62. The van der Waals surface area contributed by atoms with E-state index < -0.39 is 0 Å². The highest BCUT2D eigenvalue weighted by atomic mass is 16.6. The van der Waals surface area contributed by atoms with Crippen LogP contribution in [0.15, 0.2) is 18.5 Å². The van der Waals surface area contributed by atoms with Crippen LogP contribution in [0, 0.1) is 16.0 Å². The first-order chi connectivity index (χ1) is 7.18. The SMILES string of the molecule is CC1CCN(c2ccncc2[N+](=O)[O-])C1. The fraction of sp³-hybridized carbons (Fsp3) is 0.500. The standard InChI is InChI=1S/C10H13N3O2/c1-8-3-5-12(7-8)9-2-4-11-6-10(9)13(14)15/h2,4,6,8H,3,5,7H2,1H3. The third-order valence-electron chi connectivity index (χ3n) is 2.74. The Morgan fingerprint density at radius 1 is 1.67 bits per heavy atom. The second-order valence-electron chi connectivity index (χ2n) is 3.96. The van der Waals surface area contributed by atoms with E-state index in [-0.39, 0.29) is 10.6 Å². The van der Waals surface area contributed by atoms with E-state index in [1.54, 1.807) is 12.3 Å². The minimum Gasteiger partial charge on any atom is -0.366 e. The van der Waals surface area contributed by atoms with Crippen LogP contribution >= 0.6 is 0 Å². The minimum absolute atomic E-state index is 0.103. The molecule has 0 aliphatic carbocycles. The molecule has 1 saturated heterocycles. The Morgan fingerprint density at radius 3 is 3.07 bits per heavy atom. The Labute approximate surface area is 87.9 Å². The number of hydrogen-bond acceptors (Lipinski definition) is 4. The summed E-state index contributed by atoms with van der Waals surface area (Å²) in [5.41, 5.74) is 0.797. The van der Waals surface area contributed by atoms with Gasteiger partial charge in [-0.25, -0.2) is 0 Å². The van der Waals surface area contributed by atoms with Crippen molar-refractivity contribution < 1.29 is 4.92 Å². The van der Waals surface area contributed by atoms with E-state index in [0.29, 0.717) is 11.6 Å². The molecule has 1 aliphatic rings. The van der Waals surface area contributed by atoms with Gasteiger partial charge in [0.1, 0.15) is 11.9 Å². The summed E-state index contributed by atoms with van der Waals surface area (Å²) in [5, 5.41) is 10.8. The van der Waals surface area contributed by atoms with E-state index >= 15 is 0 Å². The van der Waals surface area contributed by atoms with Crippen LogP contribution in [-0.4, -0.2) is 23.0 Å². The lowest BCUT2D eigenvalue weighted by Crippen LogP contribution is -2.20. The summed E-state index contributed by atoms with van der Waals surface area (Å²) in [4.78, 5) is 16.3. The summed E-state index contributed by atoms with van der Waals surface area (Å²) in [7, 11) is 0. The Hall–Kier alpha value is -1.65. The predicted octanol–water partition coefficient (Wildman–Crippen LogP) is 1.84. The van der Waals surface area contributed by atoms with Crippen LogP contribution in [0.3, 0.4) is 0 Å². The third-order valence-corrected chi connectivity index (χ3v) is 2.74. The van der Waals surface area contributed by atoms with Crippen molar-refractivity contribution in [3.63, 3.8) is 0 Å². The van der Waals surface area contributed by atoms with Crippen LogP contribution in [-0.2, 0) is 0 Å². The van der Waals surface area contributed by atoms with E-state index in [1.165, 1.54) is 6.20 Å².